The third-order valence-corrected chi connectivity index (χ3v) is 1.88. The fourth-order valence-corrected chi connectivity index (χ4v) is 1.30. The number of rotatable bonds is 3. The molecule has 76 valence electrons. The molecule has 0 aliphatic rings. The van der Waals surface area contributed by atoms with Gasteiger partial charge in [-0.25, -0.2) is 0 Å². The van der Waals surface area contributed by atoms with Gasteiger partial charge < -0.3 is 0 Å². The summed E-state index contributed by atoms with van der Waals surface area (Å²) in [6.07, 6.45) is 0.521. The maximum Gasteiger partial charge on any atom is 0.305 e. The standard InChI is InChI=1S/C10H12FNO2/c1-7(2)6-8-4-3-5-9(10(8)11)12(13)14/h3-5,7H,6H2,1-2H3. The number of hydrogen-bond acceptors (Lipinski definition) is 2. The van der Waals surface area contributed by atoms with Crippen molar-refractivity contribution in [2.45, 2.75) is 20.3 Å². The summed E-state index contributed by atoms with van der Waals surface area (Å²) in [5.41, 5.74) is -0.0302. The second-order valence-electron chi connectivity index (χ2n) is 3.61. The Bertz CT molecular complexity index is 350. The van der Waals surface area contributed by atoms with Gasteiger partial charge in [0, 0.05) is 6.07 Å². The van der Waals surface area contributed by atoms with Crippen LogP contribution in [-0.2, 0) is 6.42 Å². The molecule has 0 saturated carbocycles. The third kappa shape index (κ3) is 2.28. The Morgan fingerprint density at radius 1 is 1.50 bits per heavy atom. The van der Waals surface area contributed by atoms with Gasteiger partial charge in [-0.05, 0) is 17.9 Å². The molecule has 0 aliphatic heterocycles. The quantitative estimate of drug-likeness (QED) is 0.552. The van der Waals surface area contributed by atoms with E-state index in [-0.39, 0.29) is 5.92 Å². The van der Waals surface area contributed by atoms with Crippen LogP contribution in [0.1, 0.15) is 19.4 Å². The van der Waals surface area contributed by atoms with E-state index in [1.807, 2.05) is 13.8 Å². The van der Waals surface area contributed by atoms with Gasteiger partial charge >= 0.3 is 5.69 Å². The Morgan fingerprint density at radius 2 is 2.14 bits per heavy atom. The predicted octanol–water partition coefficient (Wildman–Crippen LogP) is 2.93. The first-order chi connectivity index (χ1) is 6.52. The summed E-state index contributed by atoms with van der Waals surface area (Å²) in [4.78, 5) is 9.73. The molecule has 0 saturated heterocycles. The van der Waals surface area contributed by atoms with Crippen molar-refractivity contribution in [2.75, 3.05) is 0 Å². The van der Waals surface area contributed by atoms with Gasteiger partial charge in [0.1, 0.15) is 0 Å². The average molecular weight is 197 g/mol. The number of nitro benzene ring substituents is 1. The van der Waals surface area contributed by atoms with Crippen molar-refractivity contribution in [1.82, 2.24) is 0 Å². The molecular formula is C10H12FNO2. The summed E-state index contributed by atoms with van der Waals surface area (Å²) in [5, 5.41) is 10.4. The first-order valence-electron chi connectivity index (χ1n) is 4.44. The third-order valence-electron chi connectivity index (χ3n) is 1.88. The molecule has 1 aromatic rings. The van der Waals surface area contributed by atoms with Crippen LogP contribution in [0.2, 0.25) is 0 Å². The summed E-state index contributed by atoms with van der Waals surface area (Å²) in [5.74, 6) is -0.419. The highest BCUT2D eigenvalue weighted by Gasteiger charge is 2.17. The summed E-state index contributed by atoms with van der Waals surface area (Å²) < 4.78 is 13.4. The Morgan fingerprint density at radius 3 is 2.64 bits per heavy atom. The van der Waals surface area contributed by atoms with Crippen LogP contribution in [0, 0.1) is 21.8 Å². The molecule has 0 aromatic heterocycles. The van der Waals surface area contributed by atoms with Crippen molar-refractivity contribution in [3.63, 3.8) is 0 Å². The lowest BCUT2D eigenvalue weighted by molar-refractivity contribution is -0.387. The monoisotopic (exact) mass is 197 g/mol. The van der Waals surface area contributed by atoms with Gasteiger partial charge in [-0.1, -0.05) is 26.0 Å². The van der Waals surface area contributed by atoms with E-state index in [0.717, 1.165) is 0 Å². The first kappa shape index (κ1) is 10.6. The number of benzene rings is 1. The minimum atomic E-state index is -0.703. The van der Waals surface area contributed by atoms with E-state index in [0.29, 0.717) is 12.0 Å². The number of nitrogens with zero attached hydrogens (tertiary/aromatic N) is 1. The second kappa shape index (κ2) is 4.17. The molecule has 1 rings (SSSR count). The molecule has 0 spiro atoms. The normalized spacial score (nSPS) is 10.6. The molecule has 0 bridgehead atoms. The highest BCUT2D eigenvalue weighted by atomic mass is 19.1. The maximum atomic E-state index is 13.4. The molecule has 0 aliphatic carbocycles. The highest BCUT2D eigenvalue weighted by Crippen LogP contribution is 2.22. The number of nitro groups is 1. The second-order valence-corrected chi connectivity index (χ2v) is 3.61. The summed E-state index contributed by atoms with van der Waals surface area (Å²) in [7, 11) is 0. The van der Waals surface area contributed by atoms with Gasteiger partial charge in [0.2, 0.25) is 5.82 Å². The SMILES string of the molecule is CC(C)Cc1cccc([N+](=O)[O-])c1F. The molecule has 0 unspecified atom stereocenters. The van der Waals surface area contributed by atoms with E-state index in [1.165, 1.54) is 12.1 Å². The minimum absolute atomic E-state index is 0.284. The zero-order chi connectivity index (χ0) is 10.7. The van der Waals surface area contributed by atoms with Crippen LogP contribution in [0.15, 0.2) is 18.2 Å². The lowest BCUT2D eigenvalue weighted by Gasteiger charge is -2.05. The molecule has 0 atom stereocenters. The van der Waals surface area contributed by atoms with Crippen LogP contribution >= 0.6 is 0 Å². The molecule has 0 N–H and O–H groups in total. The average Bonchev–Trinajstić information content (AvgIpc) is 2.07. The van der Waals surface area contributed by atoms with E-state index in [9.17, 15) is 14.5 Å². The van der Waals surface area contributed by atoms with Gasteiger partial charge in [0.25, 0.3) is 0 Å². The maximum absolute atomic E-state index is 13.4. The zero-order valence-corrected chi connectivity index (χ0v) is 8.16. The van der Waals surface area contributed by atoms with Crippen LogP contribution in [0.5, 0.6) is 0 Å². The molecular weight excluding hydrogens is 185 g/mol. The molecule has 0 heterocycles. The molecule has 0 amide bonds. The van der Waals surface area contributed by atoms with Crippen molar-refractivity contribution in [3.05, 3.63) is 39.7 Å². The number of halogens is 1. The van der Waals surface area contributed by atoms with Gasteiger partial charge in [-0.2, -0.15) is 4.39 Å². The van der Waals surface area contributed by atoms with E-state index in [2.05, 4.69) is 0 Å². The predicted molar refractivity (Wildman–Crippen MR) is 51.6 cm³/mol. The van der Waals surface area contributed by atoms with E-state index in [1.54, 1.807) is 6.07 Å². The molecule has 14 heavy (non-hydrogen) atoms. The zero-order valence-electron chi connectivity index (χ0n) is 8.16. The Balaban J connectivity index is 3.07. The van der Waals surface area contributed by atoms with Crippen molar-refractivity contribution < 1.29 is 9.31 Å². The summed E-state index contributed by atoms with van der Waals surface area (Å²) in [6, 6.07) is 4.28. The largest absolute Gasteiger partial charge is 0.305 e. The highest BCUT2D eigenvalue weighted by molar-refractivity contribution is 5.36. The summed E-state index contributed by atoms with van der Waals surface area (Å²) >= 11 is 0. The molecule has 4 heteroatoms. The topological polar surface area (TPSA) is 43.1 Å². The number of hydrogen-bond donors (Lipinski definition) is 0. The van der Waals surface area contributed by atoms with E-state index >= 15 is 0 Å². The van der Waals surface area contributed by atoms with E-state index in [4.69, 9.17) is 0 Å². The van der Waals surface area contributed by atoms with E-state index < -0.39 is 16.4 Å². The Labute approximate surface area is 81.7 Å². The molecule has 0 radical (unpaired) electrons. The fourth-order valence-electron chi connectivity index (χ4n) is 1.30. The van der Waals surface area contributed by atoms with Gasteiger partial charge in [0.15, 0.2) is 0 Å². The van der Waals surface area contributed by atoms with Crippen LogP contribution in [0.4, 0.5) is 10.1 Å². The first-order valence-corrected chi connectivity index (χ1v) is 4.44. The Kier molecular flexibility index (Phi) is 3.17. The van der Waals surface area contributed by atoms with Crippen molar-refractivity contribution in [1.29, 1.82) is 0 Å². The smallest absolute Gasteiger partial charge is 0.258 e. The van der Waals surface area contributed by atoms with Crippen LogP contribution < -0.4 is 0 Å². The van der Waals surface area contributed by atoms with Gasteiger partial charge in [-0.15, -0.1) is 0 Å². The summed E-state index contributed by atoms with van der Waals surface area (Å²) in [6.45, 7) is 3.89. The van der Waals surface area contributed by atoms with Crippen molar-refractivity contribution in [3.8, 4) is 0 Å². The van der Waals surface area contributed by atoms with Gasteiger partial charge in [-0.3, -0.25) is 10.1 Å². The lowest BCUT2D eigenvalue weighted by atomic mass is 10.0. The van der Waals surface area contributed by atoms with Crippen molar-refractivity contribution in [2.24, 2.45) is 5.92 Å². The van der Waals surface area contributed by atoms with Crippen molar-refractivity contribution >= 4 is 5.69 Å². The fraction of sp³-hybridized carbons (Fsp3) is 0.400. The van der Waals surface area contributed by atoms with Crippen LogP contribution in [-0.4, -0.2) is 4.92 Å². The molecule has 1 aromatic carbocycles. The van der Waals surface area contributed by atoms with Crippen LogP contribution in [0.3, 0.4) is 0 Å². The lowest BCUT2D eigenvalue weighted by Crippen LogP contribution is -2.00. The Hall–Kier alpha value is -1.45. The van der Waals surface area contributed by atoms with Gasteiger partial charge in [0.05, 0.1) is 4.92 Å². The molecule has 0 fully saturated rings. The van der Waals surface area contributed by atoms with Crippen LogP contribution in [0.25, 0.3) is 0 Å². The molecule has 3 nitrogen and oxygen atoms in total. The minimum Gasteiger partial charge on any atom is -0.258 e.